The van der Waals surface area contributed by atoms with Crippen LogP contribution in [0.3, 0.4) is 0 Å². The van der Waals surface area contributed by atoms with E-state index in [0.717, 1.165) is 12.5 Å². The highest BCUT2D eigenvalue weighted by atomic mass is 15.2. The summed E-state index contributed by atoms with van der Waals surface area (Å²) in [5, 5.41) is 0. The highest BCUT2D eigenvalue weighted by Gasteiger charge is 2.40. The van der Waals surface area contributed by atoms with Crippen molar-refractivity contribution in [3.63, 3.8) is 0 Å². The zero-order valence-corrected chi connectivity index (χ0v) is 11.5. The molecule has 0 amide bonds. The quantitative estimate of drug-likeness (QED) is 0.676. The standard InChI is InChI=1S/C14H30N2/c1-4-6-7-10-16(3)14(12-15)9-8-13(5-2)11-14/h13H,4-12,15H2,1-3H3. The molecule has 0 spiro atoms. The molecule has 1 aliphatic carbocycles. The Labute approximate surface area is 102 Å². The summed E-state index contributed by atoms with van der Waals surface area (Å²) < 4.78 is 0. The Hall–Kier alpha value is -0.0800. The van der Waals surface area contributed by atoms with E-state index in [1.54, 1.807) is 0 Å². The van der Waals surface area contributed by atoms with Gasteiger partial charge in [-0.05, 0) is 45.2 Å². The van der Waals surface area contributed by atoms with Gasteiger partial charge in [0.15, 0.2) is 0 Å². The fraction of sp³-hybridized carbons (Fsp3) is 1.00. The Kier molecular flexibility index (Phi) is 5.77. The monoisotopic (exact) mass is 226 g/mol. The Balaban J connectivity index is 2.46. The van der Waals surface area contributed by atoms with Crippen LogP contribution in [0.25, 0.3) is 0 Å². The molecule has 0 aliphatic heterocycles. The van der Waals surface area contributed by atoms with Crippen molar-refractivity contribution in [3.8, 4) is 0 Å². The van der Waals surface area contributed by atoms with Crippen molar-refractivity contribution >= 4 is 0 Å². The van der Waals surface area contributed by atoms with Crippen molar-refractivity contribution in [1.29, 1.82) is 0 Å². The summed E-state index contributed by atoms with van der Waals surface area (Å²) in [5.41, 5.74) is 6.38. The van der Waals surface area contributed by atoms with E-state index in [1.807, 2.05) is 0 Å². The number of nitrogens with two attached hydrogens (primary N) is 1. The number of likely N-dealkylation sites (N-methyl/N-ethyl adjacent to an activating group) is 1. The molecule has 96 valence electrons. The summed E-state index contributed by atoms with van der Waals surface area (Å²) in [6, 6.07) is 0. The summed E-state index contributed by atoms with van der Waals surface area (Å²) in [6.45, 7) is 6.64. The number of nitrogens with zero attached hydrogens (tertiary/aromatic N) is 1. The molecule has 2 unspecified atom stereocenters. The van der Waals surface area contributed by atoms with Gasteiger partial charge in [0, 0.05) is 12.1 Å². The van der Waals surface area contributed by atoms with Crippen LogP contribution in [0.4, 0.5) is 0 Å². The van der Waals surface area contributed by atoms with Crippen LogP contribution in [0.5, 0.6) is 0 Å². The molecule has 1 rings (SSSR count). The van der Waals surface area contributed by atoms with E-state index in [-0.39, 0.29) is 0 Å². The summed E-state index contributed by atoms with van der Waals surface area (Å²) in [6.07, 6.45) is 9.32. The zero-order valence-electron chi connectivity index (χ0n) is 11.5. The summed E-state index contributed by atoms with van der Waals surface area (Å²) in [7, 11) is 2.28. The molecule has 0 aromatic carbocycles. The topological polar surface area (TPSA) is 29.3 Å². The zero-order chi connectivity index (χ0) is 12.0. The molecule has 0 bridgehead atoms. The Bertz CT molecular complexity index is 193. The van der Waals surface area contributed by atoms with Gasteiger partial charge in [-0.1, -0.05) is 33.1 Å². The fourth-order valence-corrected chi connectivity index (χ4v) is 3.09. The summed E-state index contributed by atoms with van der Waals surface area (Å²) in [5.74, 6) is 0.914. The lowest BCUT2D eigenvalue weighted by atomic mass is 9.93. The molecule has 0 heterocycles. The Morgan fingerprint density at radius 2 is 2.06 bits per heavy atom. The van der Waals surface area contributed by atoms with Crippen molar-refractivity contribution in [1.82, 2.24) is 4.90 Å². The van der Waals surface area contributed by atoms with Crippen LogP contribution in [0.2, 0.25) is 0 Å². The van der Waals surface area contributed by atoms with Gasteiger partial charge in [-0.25, -0.2) is 0 Å². The minimum absolute atomic E-state index is 0.328. The molecule has 0 aromatic heterocycles. The van der Waals surface area contributed by atoms with Crippen molar-refractivity contribution in [2.75, 3.05) is 20.1 Å². The minimum Gasteiger partial charge on any atom is -0.329 e. The number of hydrogen-bond donors (Lipinski definition) is 1. The molecule has 0 radical (unpaired) electrons. The van der Waals surface area contributed by atoms with Gasteiger partial charge in [0.05, 0.1) is 0 Å². The predicted octanol–water partition coefficient (Wildman–Crippen LogP) is 3.02. The second-order valence-electron chi connectivity index (χ2n) is 5.57. The molecule has 0 aromatic rings. The average Bonchev–Trinajstić information content (AvgIpc) is 2.74. The van der Waals surface area contributed by atoms with Gasteiger partial charge in [0.25, 0.3) is 0 Å². The van der Waals surface area contributed by atoms with Gasteiger partial charge in [0.1, 0.15) is 0 Å². The van der Waals surface area contributed by atoms with Crippen LogP contribution < -0.4 is 5.73 Å². The van der Waals surface area contributed by atoms with Crippen molar-refractivity contribution < 1.29 is 0 Å². The van der Waals surface area contributed by atoms with Crippen LogP contribution in [0.15, 0.2) is 0 Å². The lowest BCUT2D eigenvalue weighted by Crippen LogP contribution is -2.50. The van der Waals surface area contributed by atoms with Crippen LogP contribution in [-0.2, 0) is 0 Å². The van der Waals surface area contributed by atoms with Crippen LogP contribution in [0.1, 0.15) is 58.8 Å². The third-order valence-electron chi connectivity index (χ3n) is 4.55. The SMILES string of the molecule is CCCCCN(C)C1(CN)CCC(CC)C1. The van der Waals surface area contributed by atoms with E-state index < -0.39 is 0 Å². The molecule has 2 atom stereocenters. The number of hydrogen-bond acceptors (Lipinski definition) is 2. The predicted molar refractivity (Wildman–Crippen MR) is 71.6 cm³/mol. The van der Waals surface area contributed by atoms with Gasteiger partial charge in [-0.15, -0.1) is 0 Å². The first-order valence-corrected chi connectivity index (χ1v) is 7.09. The van der Waals surface area contributed by atoms with Crippen molar-refractivity contribution in [2.45, 2.75) is 64.3 Å². The van der Waals surface area contributed by atoms with Crippen LogP contribution in [-0.4, -0.2) is 30.6 Å². The highest BCUT2D eigenvalue weighted by molar-refractivity contribution is 4.97. The van der Waals surface area contributed by atoms with E-state index in [4.69, 9.17) is 5.73 Å². The second kappa shape index (κ2) is 6.61. The molecule has 16 heavy (non-hydrogen) atoms. The molecular weight excluding hydrogens is 196 g/mol. The molecule has 0 saturated heterocycles. The van der Waals surface area contributed by atoms with E-state index in [1.165, 1.54) is 51.5 Å². The first kappa shape index (κ1) is 14.0. The lowest BCUT2D eigenvalue weighted by Gasteiger charge is -2.38. The second-order valence-corrected chi connectivity index (χ2v) is 5.57. The lowest BCUT2D eigenvalue weighted by molar-refractivity contribution is 0.124. The molecule has 2 heteroatoms. The number of unbranched alkanes of at least 4 members (excludes halogenated alkanes) is 2. The number of rotatable bonds is 7. The van der Waals surface area contributed by atoms with Gasteiger partial charge < -0.3 is 5.73 Å². The molecule has 1 saturated carbocycles. The Morgan fingerprint density at radius 3 is 2.56 bits per heavy atom. The highest BCUT2D eigenvalue weighted by Crippen LogP contribution is 2.39. The van der Waals surface area contributed by atoms with Crippen molar-refractivity contribution in [3.05, 3.63) is 0 Å². The van der Waals surface area contributed by atoms with Crippen LogP contribution in [0, 0.1) is 5.92 Å². The van der Waals surface area contributed by atoms with Gasteiger partial charge in [0.2, 0.25) is 0 Å². The third-order valence-corrected chi connectivity index (χ3v) is 4.55. The molecular formula is C14H30N2. The van der Waals surface area contributed by atoms with Crippen molar-refractivity contribution in [2.24, 2.45) is 11.7 Å². The fourth-order valence-electron chi connectivity index (χ4n) is 3.09. The Morgan fingerprint density at radius 1 is 1.31 bits per heavy atom. The van der Waals surface area contributed by atoms with E-state index in [0.29, 0.717) is 5.54 Å². The summed E-state index contributed by atoms with van der Waals surface area (Å²) >= 11 is 0. The maximum Gasteiger partial charge on any atom is 0.0331 e. The maximum absolute atomic E-state index is 6.05. The smallest absolute Gasteiger partial charge is 0.0331 e. The van der Waals surface area contributed by atoms with E-state index in [9.17, 15) is 0 Å². The molecule has 1 fully saturated rings. The third kappa shape index (κ3) is 3.21. The molecule has 1 aliphatic rings. The first-order chi connectivity index (χ1) is 7.68. The normalized spacial score (nSPS) is 30.2. The van der Waals surface area contributed by atoms with Gasteiger partial charge >= 0.3 is 0 Å². The first-order valence-electron chi connectivity index (χ1n) is 7.09. The largest absolute Gasteiger partial charge is 0.329 e. The minimum atomic E-state index is 0.328. The molecule has 2 nitrogen and oxygen atoms in total. The van der Waals surface area contributed by atoms with Crippen LogP contribution >= 0.6 is 0 Å². The average molecular weight is 226 g/mol. The summed E-state index contributed by atoms with van der Waals surface area (Å²) in [4.78, 5) is 2.55. The van der Waals surface area contributed by atoms with E-state index >= 15 is 0 Å². The van der Waals surface area contributed by atoms with Gasteiger partial charge in [-0.2, -0.15) is 0 Å². The maximum atomic E-state index is 6.05. The van der Waals surface area contributed by atoms with E-state index in [2.05, 4.69) is 25.8 Å². The molecule has 2 N–H and O–H groups in total. The van der Waals surface area contributed by atoms with Gasteiger partial charge in [-0.3, -0.25) is 4.90 Å².